The van der Waals surface area contributed by atoms with Gasteiger partial charge in [0.2, 0.25) is 5.91 Å². The van der Waals surface area contributed by atoms with Crippen molar-refractivity contribution in [3.8, 4) is 0 Å². The van der Waals surface area contributed by atoms with Crippen LogP contribution in [0.1, 0.15) is 43.4 Å². The van der Waals surface area contributed by atoms with Gasteiger partial charge in [-0.15, -0.1) is 24.8 Å². The highest BCUT2D eigenvalue weighted by Crippen LogP contribution is 2.26. The number of hydrogen-bond acceptors (Lipinski definition) is 3. The number of carbonyl (C=O) groups excluding carboxylic acids is 1. The Balaban J connectivity index is 0.00000132. The first-order valence-corrected chi connectivity index (χ1v) is 7.59. The molecule has 2 heterocycles. The first-order valence-electron chi connectivity index (χ1n) is 7.59. The van der Waals surface area contributed by atoms with Crippen LogP contribution in [0.2, 0.25) is 0 Å². The Morgan fingerprint density at radius 3 is 2.70 bits per heavy atom. The largest absolute Gasteiger partial charge is 0.349 e. The van der Waals surface area contributed by atoms with E-state index in [4.69, 9.17) is 5.73 Å². The van der Waals surface area contributed by atoms with Gasteiger partial charge in [-0.3, -0.25) is 4.79 Å². The maximum absolute atomic E-state index is 12.3. The SMILES string of the molecule is Cc1cccn2cc(CNC(=O)C3(N)CCCCC3)nc12.Cl.Cl. The van der Waals surface area contributed by atoms with Crippen LogP contribution in [0.5, 0.6) is 0 Å². The minimum Gasteiger partial charge on any atom is -0.349 e. The van der Waals surface area contributed by atoms with E-state index in [-0.39, 0.29) is 30.7 Å². The number of aromatic nitrogens is 2. The number of nitrogens with zero attached hydrogens (tertiary/aromatic N) is 2. The lowest BCUT2D eigenvalue weighted by Gasteiger charge is -2.31. The topological polar surface area (TPSA) is 72.4 Å². The molecule has 2 aromatic heterocycles. The molecule has 23 heavy (non-hydrogen) atoms. The molecule has 1 saturated carbocycles. The van der Waals surface area contributed by atoms with Gasteiger partial charge in [-0.2, -0.15) is 0 Å². The normalized spacial score (nSPS) is 16.3. The van der Waals surface area contributed by atoms with E-state index in [0.29, 0.717) is 6.54 Å². The van der Waals surface area contributed by atoms with Crippen LogP contribution in [-0.4, -0.2) is 20.8 Å². The number of hydrogen-bond donors (Lipinski definition) is 2. The van der Waals surface area contributed by atoms with Crippen molar-refractivity contribution < 1.29 is 4.79 Å². The third kappa shape index (κ3) is 4.16. The third-order valence-electron chi connectivity index (χ3n) is 4.36. The van der Waals surface area contributed by atoms with Crippen LogP contribution in [0.3, 0.4) is 0 Å². The highest BCUT2D eigenvalue weighted by Gasteiger charge is 2.34. The number of carbonyl (C=O) groups is 1. The molecule has 0 atom stereocenters. The molecule has 0 spiro atoms. The molecule has 0 aliphatic heterocycles. The minimum absolute atomic E-state index is 0. The van der Waals surface area contributed by atoms with E-state index < -0.39 is 5.54 Å². The summed E-state index contributed by atoms with van der Waals surface area (Å²) in [6.45, 7) is 2.46. The molecule has 1 fully saturated rings. The second kappa shape index (κ2) is 7.99. The van der Waals surface area contributed by atoms with Crippen molar-refractivity contribution in [3.05, 3.63) is 35.8 Å². The van der Waals surface area contributed by atoms with Crippen molar-refractivity contribution in [2.75, 3.05) is 0 Å². The molecule has 128 valence electrons. The Morgan fingerprint density at radius 1 is 1.35 bits per heavy atom. The van der Waals surface area contributed by atoms with Gasteiger partial charge in [0.05, 0.1) is 17.8 Å². The van der Waals surface area contributed by atoms with Crippen LogP contribution in [0, 0.1) is 6.92 Å². The van der Waals surface area contributed by atoms with Gasteiger partial charge in [0.1, 0.15) is 5.65 Å². The van der Waals surface area contributed by atoms with E-state index in [9.17, 15) is 4.79 Å². The molecule has 0 radical (unpaired) electrons. The number of amides is 1. The lowest BCUT2D eigenvalue weighted by molar-refractivity contribution is -0.127. The van der Waals surface area contributed by atoms with Gasteiger partial charge in [0.15, 0.2) is 0 Å². The van der Waals surface area contributed by atoms with Crippen molar-refractivity contribution in [1.29, 1.82) is 0 Å². The molecule has 2 aromatic rings. The number of pyridine rings is 1. The van der Waals surface area contributed by atoms with Crippen molar-refractivity contribution in [1.82, 2.24) is 14.7 Å². The Hall–Kier alpha value is -1.30. The summed E-state index contributed by atoms with van der Waals surface area (Å²) in [5.74, 6) is -0.0454. The smallest absolute Gasteiger partial charge is 0.240 e. The van der Waals surface area contributed by atoms with Gasteiger partial charge in [-0.25, -0.2) is 4.98 Å². The highest BCUT2D eigenvalue weighted by atomic mass is 35.5. The van der Waals surface area contributed by atoms with Crippen LogP contribution in [0.4, 0.5) is 0 Å². The van der Waals surface area contributed by atoms with Gasteiger partial charge in [0.25, 0.3) is 0 Å². The molecule has 1 amide bonds. The average molecular weight is 359 g/mol. The van der Waals surface area contributed by atoms with E-state index in [1.54, 1.807) is 0 Å². The predicted octanol–water partition coefficient (Wildman–Crippen LogP) is 2.76. The molecular weight excluding hydrogens is 335 g/mol. The molecule has 5 nitrogen and oxygen atoms in total. The maximum Gasteiger partial charge on any atom is 0.240 e. The first kappa shape index (κ1) is 19.7. The van der Waals surface area contributed by atoms with Crippen LogP contribution in [0.15, 0.2) is 24.5 Å². The van der Waals surface area contributed by atoms with E-state index in [2.05, 4.69) is 10.3 Å². The fraction of sp³-hybridized carbons (Fsp3) is 0.500. The molecular formula is C16H24Cl2N4O. The van der Waals surface area contributed by atoms with Crippen LogP contribution < -0.4 is 11.1 Å². The third-order valence-corrected chi connectivity index (χ3v) is 4.36. The number of aryl methyl sites for hydroxylation is 1. The zero-order valence-corrected chi connectivity index (χ0v) is 14.9. The summed E-state index contributed by atoms with van der Waals surface area (Å²) < 4.78 is 1.98. The summed E-state index contributed by atoms with van der Waals surface area (Å²) in [5.41, 5.74) is 8.45. The summed E-state index contributed by atoms with van der Waals surface area (Å²) >= 11 is 0. The molecule has 0 saturated heterocycles. The molecule has 1 aliphatic carbocycles. The zero-order chi connectivity index (χ0) is 14.9. The number of fused-ring (bicyclic) bond motifs is 1. The zero-order valence-electron chi connectivity index (χ0n) is 13.2. The van der Waals surface area contributed by atoms with Crippen molar-refractivity contribution in [2.24, 2.45) is 5.73 Å². The summed E-state index contributed by atoms with van der Waals surface area (Å²) in [6, 6.07) is 4.02. The fourth-order valence-corrected chi connectivity index (χ4v) is 3.05. The van der Waals surface area contributed by atoms with Crippen molar-refractivity contribution in [3.63, 3.8) is 0 Å². The molecule has 0 aromatic carbocycles. The summed E-state index contributed by atoms with van der Waals surface area (Å²) in [7, 11) is 0. The molecule has 3 N–H and O–H groups in total. The first-order chi connectivity index (χ1) is 10.1. The van der Waals surface area contributed by atoms with E-state index in [1.165, 1.54) is 6.42 Å². The number of rotatable bonds is 3. The van der Waals surface area contributed by atoms with Crippen LogP contribution in [0.25, 0.3) is 5.65 Å². The maximum atomic E-state index is 12.3. The lowest BCUT2D eigenvalue weighted by Crippen LogP contribution is -2.54. The Labute approximate surface area is 148 Å². The number of halogens is 2. The van der Waals surface area contributed by atoms with Gasteiger partial charge in [-0.1, -0.05) is 25.3 Å². The fourth-order valence-electron chi connectivity index (χ4n) is 3.05. The Bertz CT molecular complexity index is 665. The molecule has 7 heteroatoms. The molecule has 0 bridgehead atoms. The monoisotopic (exact) mass is 358 g/mol. The summed E-state index contributed by atoms with van der Waals surface area (Å²) in [6.07, 6.45) is 8.73. The molecule has 0 unspecified atom stereocenters. The van der Waals surface area contributed by atoms with Crippen molar-refractivity contribution >= 4 is 36.4 Å². The van der Waals surface area contributed by atoms with E-state index in [0.717, 1.165) is 42.6 Å². The van der Waals surface area contributed by atoms with E-state index in [1.807, 2.05) is 35.9 Å². The second-order valence-corrected chi connectivity index (χ2v) is 6.05. The number of imidazole rings is 1. The highest BCUT2D eigenvalue weighted by molar-refractivity contribution is 5.86. The van der Waals surface area contributed by atoms with Gasteiger partial charge in [-0.05, 0) is 31.4 Å². The summed E-state index contributed by atoms with van der Waals surface area (Å²) in [4.78, 5) is 16.9. The Morgan fingerprint density at radius 2 is 2.04 bits per heavy atom. The molecule has 1 aliphatic rings. The Kier molecular flexibility index (Phi) is 6.86. The standard InChI is InChI=1S/C16H22N4O.2ClH/c1-12-6-5-9-20-11-13(19-14(12)20)10-18-15(21)16(17)7-3-2-4-8-16;;/h5-6,9,11H,2-4,7-8,10,17H2,1H3,(H,18,21);2*1H. The number of nitrogens with two attached hydrogens (primary N) is 1. The summed E-state index contributed by atoms with van der Waals surface area (Å²) in [5, 5.41) is 2.95. The number of nitrogens with one attached hydrogen (secondary N) is 1. The minimum atomic E-state index is -0.687. The lowest BCUT2D eigenvalue weighted by atomic mass is 9.82. The van der Waals surface area contributed by atoms with Crippen LogP contribution in [-0.2, 0) is 11.3 Å². The van der Waals surface area contributed by atoms with Gasteiger partial charge < -0.3 is 15.5 Å². The van der Waals surface area contributed by atoms with E-state index >= 15 is 0 Å². The van der Waals surface area contributed by atoms with Crippen molar-refractivity contribution in [2.45, 2.75) is 51.1 Å². The second-order valence-electron chi connectivity index (χ2n) is 6.05. The van der Waals surface area contributed by atoms with Crippen LogP contribution >= 0.6 is 24.8 Å². The quantitative estimate of drug-likeness (QED) is 0.885. The molecule has 3 rings (SSSR count). The van der Waals surface area contributed by atoms with Gasteiger partial charge in [0, 0.05) is 12.4 Å². The van der Waals surface area contributed by atoms with Gasteiger partial charge >= 0.3 is 0 Å². The predicted molar refractivity (Wildman–Crippen MR) is 96.3 cm³/mol. The average Bonchev–Trinajstić information content (AvgIpc) is 2.90.